The molecule has 2 aromatic rings. The van der Waals surface area contributed by atoms with E-state index in [1.807, 2.05) is 35.9 Å². The second-order valence-corrected chi connectivity index (χ2v) is 9.13. The minimum atomic E-state index is -0.224. The molecule has 1 saturated carbocycles. The first-order valence-corrected chi connectivity index (χ1v) is 10.5. The van der Waals surface area contributed by atoms with Gasteiger partial charge in [-0.3, -0.25) is 9.78 Å². The molecule has 0 radical (unpaired) electrons. The van der Waals surface area contributed by atoms with Crippen molar-refractivity contribution in [3.63, 3.8) is 0 Å². The van der Waals surface area contributed by atoms with Gasteiger partial charge in [-0.25, -0.2) is 9.67 Å². The predicted molar refractivity (Wildman–Crippen MR) is 119 cm³/mol. The van der Waals surface area contributed by atoms with Gasteiger partial charge in [-0.05, 0) is 49.3 Å². The van der Waals surface area contributed by atoms with E-state index in [9.17, 15) is 4.79 Å². The second kappa shape index (κ2) is 7.67. The molecular weight excluding hydrogens is 374 g/mol. The van der Waals surface area contributed by atoms with E-state index in [0.717, 1.165) is 29.8 Å². The molecule has 2 heterocycles. The minimum Gasteiger partial charge on any atom is -0.342 e. The number of carbonyl (C=O) groups excluding carboxylic acids is 1. The smallest absolute Gasteiger partial charge is 0.272 e. The Morgan fingerprint density at radius 1 is 1.40 bits per heavy atom. The van der Waals surface area contributed by atoms with Crippen molar-refractivity contribution < 1.29 is 4.79 Å². The highest BCUT2D eigenvalue weighted by atomic mass is 16.2. The van der Waals surface area contributed by atoms with E-state index < -0.39 is 0 Å². The Balaban J connectivity index is 1.71. The lowest BCUT2D eigenvalue weighted by Crippen LogP contribution is -2.37. The Kier molecular flexibility index (Phi) is 5.18. The molecular formula is C24H29N5O. The van der Waals surface area contributed by atoms with E-state index in [0.29, 0.717) is 23.4 Å². The van der Waals surface area contributed by atoms with E-state index in [4.69, 9.17) is 5.10 Å². The number of rotatable bonds is 5. The molecule has 1 amide bonds. The molecule has 2 aliphatic rings. The van der Waals surface area contributed by atoms with Crippen molar-refractivity contribution in [2.75, 3.05) is 0 Å². The molecule has 30 heavy (non-hydrogen) atoms. The van der Waals surface area contributed by atoms with Crippen LogP contribution >= 0.6 is 0 Å². The summed E-state index contributed by atoms with van der Waals surface area (Å²) in [5, 5.41) is 7.92. The average molecular weight is 404 g/mol. The summed E-state index contributed by atoms with van der Waals surface area (Å²) in [5.74, 6) is 1.58. The maximum absolute atomic E-state index is 13.4. The number of amides is 1. The van der Waals surface area contributed by atoms with Crippen LogP contribution in [0.3, 0.4) is 0 Å². The molecule has 0 aromatic carbocycles. The first kappa shape index (κ1) is 20.3. The Morgan fingerprint density at radius 2 is 2.20 bits per heavy atom. The standard InChI is InChI=1S/C24H29N5O/c1-6-11-26-19(7-2)29-21-16-13-15(16)14-17(21)20(28-29)23(30)27-22(24(3,4)5)18-10-8-9-12-25-18/h6-12,15-16,22H,2,13-14H2,1,3-5H3,(H,27,30)/b11-6-,26-19?/t15-,16-,22+/m0/s1. The van der Waals surface area contributed by atoms with Gasteiger partial charge in [-0.1, -0.05) is 39.5 Å². The average Bonchev–Trinajstić information content (AvgIpc) is 3.22. The normalized spacial score (nSPS) is 21.3. The highest BCUT2D eigenvalue weighted by Gasteiger charge is 2.50. The summed E-state index contributed by atoms with van der Waals surface area (Å²) in [6.45, 7) is 12.1. The molecule has 1 fully saturated rings. The van der Waals surface area contributed by atoms with Crippen LogP contribution in [0.4, 0.5) is 0 Å². The summed E-state index contributed by atoms with van der Waals surface area (Å²) in [4.78, 5) is 22.3. The van der Waals surface area contributed by atoms with Crippen LogP contribution in [0, 0.1) is 11.3 Å². The van der Waals surface area contributed by atoms with Crippen molar-refractivity contribution in [3.05, 3.63) is 72.0 Å². The highest BCUT2D eigenvalue weighted by molar-refractivity contribution is 5.99. The van der Waals surface area contributed by atoms with E-state index in [1.54, 1.807) is 18.5 Å². The topological polar surface area (TPSA) is 72.2 Å². The molecule has 0 bridgehead atoms. The number of hydrogen-bond donors (Lipinski definition) is 1. The van der Waals surface area contributed by atoms with Gasteiger partial charge < -0.3 is 5.32 Å². The van der Waals surface area contributed by atoms with Crippen molar-refractivity contribution in [2.24, 2.45) is 16.3 Å². The number of carbonyl (C=O) groups is 1. The Bertz CT molecular complexity index is 1030. The van der Waals surface area contributed by atoms with Gasteiger partial charge in [0.05, 0.1) is 17.4 Å². The Hall–Kier alpha value is -3.02. The summed E-state index contributed by atoms with van der Waals surface area (Å²) in [6.07, 6.45) is 9.10. The summed E-state index contributed by atoms with van der Waals surface area (Å²) in [7, 11) is 0. The molecule has 4 rings (SSSR count). The quantitative estimate of drug-likeness (QED) is 0.593. The van der Waals surface area contributed by atoms with Crippen molar-refractivity contribution in [3.8, 4) is 0 Å². The number of aliphatic imine (C=N–C) groups is 1. The molecule has 0 spiro atoms. The molecule has 1 N–H and O–H groups in total. The fourth-order valence-corrected chi connectivity index (χ4v) is 4.30. The third-order valence-electron chi connectivity index (χ3n) is 5.86. The van der Waals surface area contributed by atoms with Crippen molar-refractivity contribution >= 4 is 11.7 Å². The van der Waals surface area contributed by atoms with E-state index in [-0.39, 0.29) is 17.4 Å². The monoisotopic (exact) mass is 403 g/mol. The minimum absolute atomic E-state index is 0.161. The van der Waals surface area contributed by atoms with Crippen LogP contribution < -0.4 is 5.32 Å². The summed E-state index contributed by atoms with van der Waals surface area (Å²) >= 11 is 0. The van der Waals surface area contributed by atoms with Crippen molar-refractivity contribution in [1.29, 1.82) is 0 Å². The van der Waals surface area contributed by atoms with Crippen molar-refractivity contribution in [2.45, 2.75) is 52.5 Å². The molecule has 2 aliphatic carbocycles. The van der Waals surface area contributed by atoms with E-state index >= 15 is 0 Å². The van der Waals surface area contributed by atoms with Crippen LogP contribution in [0.5, 0.6) is 0 Å². The second-order valence-electron chi connectivity index (χ2n) is 9.13. The molecule has 156 valence electrons. The van der Waals surface area contributed by atoms with Gasteiger partial charge >= 0.3 is 0 Å². The number of hydrogen-bond acceptors (Lipinski definition) is 4. The van der Waals surface area contributed by atoms with Crippen LogP contribution in [0.2, 0.25) is 0 Å². The lowest BCUT2D eigenvalue weighted by Gasteiger charge is -2.30. The molecule has 0 unspecified atom stereocenters. The Morgan fingerprint density at radius 3 is 2.83 bits per heavy atom. The lowest BCUT2D eigenvalue weighted by atomic mass is 9.84. The maximum Gasteiger partial charge on any atom is 0.272 e. The first-order valence-electron chi connectivity index (χ1n) is 10.5. The number of pyridine rings is 1. The van der Waals surface area contributed by atoms with Crippen LogP contribution in [-0.2, 0) is 6.42 Å². The van der Waals surface area contributed by atoms with E-state index in [2.05, 4.69) is 42.6 Å². The van der Waals surface area contributed by atoms with Gasteiger partial charge in [0, 0.05) is 23.9 Å². The van der Waals surface area contributed by atoms with Gasteiger partial charge in [-0.15, -0.1) is 0 Å². The lowest BCUT2D eigenvalue weighted by molar-refractivity contribution is 0.0893. The zero-order valence-electron chi connectivity index (χ0n) is 18.1. The van der Waals surface area contributed by atoms with Gasteiger partial charge in [0.1, 0.15) is 0 Å². The zero-order chi connectivity index (χ0) is 21.5. The summed E-state index contributed by atoms with van der Waals surface area (Å²) < 4.78 is 1.82. The number of aromatic nitrogens is 3. The van der Waals surface area contributed by atoms with Crippen molar-refractivity contribution in [1.82, 2.24) is 20.1 Å². The summed E-state index contributed by atoms with van der Waals surface area (Å²) in [6, 6.07) is 5.56. The number of nitrogens with one attached hydrogen (secondary N) is 1. The fourth-order valence-electron chi connectivity index (χ4n) is 4.30. The molecule has 3 atom stereocenters. The fraction of sp³-hybridized carbons (Fsp3) is 0.417. The van der Waals surface area contributed by atoms with Gasteiger partial charge in [0.15, 0.2) is 11.5 Å². The maximum atomic E-state index is 13.4. The molecule has 0 saturated heterocycles. The molecule has 2 aromatic heterocycles. The number of allylic oxidation sites excluding steroid dienone is 2. The third kappa shape index (κ3) is 3.62. The van der Waals surface area contributed by atoms with Gasteiger partial charge in [-0.2, -0.15) is 5.10 Å². The third-order valence-corrected chi connectivity index (χ3v) is 5.86. The van der Waals surface area contributed by atoms with E-state index in [1.165, 1.54) is 0 Å². The molecule has 6 nitrogen and oxygen atoms in total. The van der Waals surface area contributed by atoms with Crippen LogP contribution in [0.15, 0.2) is 54.3 Å². The van der Waals surface area contributed by atoms with Gasteiger partial charge in [0.2, 0.25) is 0 Å². The predicted octanol–water partition coefficient (Wildman–Crippen LogP) is 4.42. The van der Waals surface area contributed by atoms with Crippen LogP contribution in [0.25, 0.3) is 0 Å². The van der Waals surface area contributed by atoms with Crippen LogP contribution in [-0.4, -0.2) is 26.5 Å². The largest absolute Gasteiger partial charge is 0.342 e. The van der Waals surface area contributed by atoms with Gasteiger partial charge in [0.25, 0.3) is 5.91 Å². The number of fused-ring (bicyclic) bond motifs is 3. The SMILES string of the molecule is C=CC(=N/C=C\C)n1nc(C(=O)N[C@H](c2ccccn2)C(C)(C)C)c2c1[C@H]1C[C@H]1C2. The molecule has 6 heteroatoms. The number of nitrogens with zero attached hydrogens (tertiary/aromatic N) is 4. The Labute approximate surface area is 177 Å². The van der Waals surface area contributed by atoms with Crippen LogP contribution in [0.1, 0.15) is 73.5 Å². The molecule has 0 aliphatic heterocycles. The highest BCUT2D eigenvalue weighted by Crippen LogP contribution is 2.57. The zero-order valence-corrected chi connectivity index (χ0v) is 18.1. The summed E-state index contributed by atoms with van der Waals surface area (Å²) in [5.41, 5.74) is 3.32. The first-order chi connectivity index (χ1) is 14.3.